The van der Waals surface area contributed by atoms with Crippen LogP contribution in [0.15, 0.2) is 0 Å². The maximum absolute atomic E-state index is 11.4. The smallest absolute Gasteiger partial charge is 0.315 e. The summed E-state index contributed by atoms with van der Waals surface area (Å²) in [5.74, 6) is 0.463. The van der Waals surface area contributed by atoms with Gasteiger partial charge in [0.15, 0.2) is 0 Å². The van der Waals surface area contributed by atoms with E-state index >= 15 is 0 Å². The minimum absolute atomic E-state index is 0.0830. The van der Waals surface area contributed by atoms with Crippen LogP contribution in [0.5, 0.6) is 0 Å². The minimum atomic E-state index is -0.0830. The molecule has 0 spiro atoms. The molecule has 4 heteroatoms. The molecule has 0 heterocycles. The van der Waals surface area contributed by atoms with E-state index in [2.05, 4.69) is 24.5 Å². The standard InChI is InChI=1S/C11H21ClN2O/c1-11(2)5-3-9(4-6-11)14-10(15)13-8-7-12/h9H,3-8H2,1-2H3,(H2,13,14,15). The number of amides is 2. The molecule has 0 saturated heterocycles. The van der Waals surface area contributed by atoms with Crippen LogP contribution in [0.25, 0.3) is 0 Å². The van der Waals surface area contributed by atoms with Gasteiger partial charge in [-0.3, -0.25) is 0 Å². The molecule has 0 aromatic heterocycles. The van der Waals surface area contributed by atoms with Crippen LogP contribution in [-0.4, -0.2) is 24.5 Å². The molecule has 0 aliphatic heterocycles. The van der Waals surface area contributed by atoms with Crippen LogP contribution in [0.1, 0.15) is 39.5 Å². The molecule has 1 aliphatic carbocycles. The minimum Gasteiger partial charge on any atom is -0.337 e. The summed E-state index contributed by atoms with van der Waals surface area (Å²) >= 11 is 5.48. The van der Waals surface area contributed by atoms with E-state index in [0.717, 1.165) is 12.8 Å². The van der Waals surface area contributed by atoms with Gasteiger partial charge in [0, 0.05) is 18.5 Å². The normalized spacial score (nSPS) is 21.0. The van der Waals surface area contributed by atoms with Crippen molar-refractivity contribution in [3.63, 3.8) is 0 Å². The van der Waals surface area contributed by atoms with Crippen LogP contribution in [0, 0.1) is 5.41 Å². The van der Waals surface area contributed by atoms with Crippen molar-refractivity contribution < 1.29 is 4.79 Å². The predicted octanol–water partition coefficient (Wildman–Crippen LogP) is 2.49. The fraction of sp³-hybridized carbons (Fsp3) is 0.909. The molecular weight excluding hydrogens is 212 g/mol. The molecule has 0 atom stereocenters. The Hall–Kier alpha value is -0.440. The monoisotopic (exact) mass is 232 g/mol. The predicted molar refractivity (Wildman–Crippen MR) is 63.3 cm³/mol. The van der Waals surface area contributed by atoms with Crippen LogP contribution in [-0.2, 0) is 0 Å². The van der Waals surface area contributed by atoms with Gasteiger partial charge >= 0.3 is 6.03 Å². The highest BCUT2D eigenvalue weighted by molar-refractivity contribution is 6.18. The molecule has 0 radical (unpaired) electrons. The zero-order valence-corrected chi connectivity index (χ0v) is 10.4. The molecule has 88 valence electrons. The van der Waals surface area contributed by atoms with Gasteiger partial charge in [-0.25, -0.2) is 4.79 Å². The molecule has 3 nitrogen and oxygen atoms in total. The number of hydrogen-bond acceptors (Lipinski definition) is 1. The van der Waals surface area contributed by atoms with Crippen LogP contribution >= 0.6 is 11.6 Å². The van der Waals surface area contributed by atoms with Crippen LogP contribution in [0.3, 0.4) is 0 Å². The topological polar surface area (TPSA) is 41.1 Å². The zero-order chi connectivity index (χ0) is 11.3. The Morgan fingerprint density at radius 3 is 2.53 bits per heavy atom. The van der Waals surface area contributed by atoms with Crippen molar-refractivity contribution in [2.45, 2.75) is 45.6 Å². The second kappa shape index (κ2) is 5.59. The van der Waals surface area contributed by atoms with Crippen LogP contribution in [0.4, 0.5) is 4.79 Å². The second-order valence-electron chi connectivity index (χ2n) is 5.03. The highest BCUT2D eigenvalue weighted by atomic mass is 35.5. The summed E-state index contributed by atoms with van der Waals surface area (Å²) in [5.41, 5.74) is 0.449. The summed E-state index contributed by atoms with van der Waals surface area (Å²) in [6.45, 7) is 5.11. The van der Waals surface area contributed by atoms with Gasteiger partial charge in [-0.15, -0.1) is 11.6 Å². The molecule has 2 N–H and O–H groups in total. The summed E-state index contributed by atoms with van der Waals surface area (Å²) in [6, 6.07) is 0.258. The molecule has 1 rings (SSSR count). The Labute approximate surface area is 96.9 Å². The van der Waals surface area contributed by atoms with E-state index in [9.17, 15) is 4.79 Å². The third kappa shape index (κ3) is 4.74. The molecule has 0 aromatic rings. The van der Waals surface area contributed by atoms with Crippen LogP contribution < -0.4 is 10.6 Å². The Morgan fingerprint density at radius 1 is 1.40 bits per heavy atom. The summed E-state index contributed by atoms with van der Waals surface area (Å²) in [5, 5.41) is 5.70. The van der Waals surface area contributed by atoms with Gasteiger partial charge in [0.1, 0.15) is 0 Å². The Morgan fingerprint density at radius 2 is 2.00 bits per heavy atom. The van der Waals surface area contributed by atoms with Crippen molar-refractivity contribution in [1.82, 2.24) is 10.6 Å². The molecule has 0 aromatic carbocycles. The van der Waals surface area contributed by atoms with Crippen molar-refractivity contribution in [3.05, 3.63) is 0 Å². The van der Waals surface area contributed by atoms with Crippen LogP contribution in [0.2, 0.25) is 0 Å². The summed E-state index contributed by atoms with van der Waals surface area (Å²) in [7, 11) is 0. The fourth-order valence-electron chi connectivity index (χ4n) is 1.94. The van der Waals surface area contributed by atoms with E-state index in [4.69, 9.17) is 11.6 Å². The number of hydrogen-bond donors (Lipinski definition) is 2. The second-order valence-corrected chi connectivity index (χ2v) is 5.41. The maximum atomic E-state index is 11.4. The van der Waals surface area contributed by atoms with E-state index in [0.29, 0.717) is 23.9 Å². The van der Waals surface area contributed by atoms with Gasteiger partial charge in [-0.05, 0) is 31.1 Å². The number of rotatable bonds is 3. The average molecular weight is 233 g/mol. The molecule has 1 fully saturated rings. The number of alkyl halides is 1. The summed E-state index contributed by atoms with van der Waals surface area (Å²) < 4.78 is 0. The molecule has 1 aliphatic rings. The number of halogens is 1. The Bertz CT molecular complexity index is 209. The SMILES string of the molecule is CC1(C)CCC(NC(=O)NCCCl)CC1. The highest BCUT2D eigenvalue weighted by Crippen LogP contribution is 2.34. The summed E-state index contributed by atoms with van der Waals surface area (Å²) in [4.78, 5) is 11.4. The first-order chi connectivity index (χ1) is 7.03. The first-order valence-corrected chi connectivity index (χ1v) is 6.17. The number of nitrogens with one attached hydrogen (secondary N) is 2. The molecule has 0 unspecified atom stereocenters. The molecule has 2 amide bonds. The first-order valence-electron chi connectivity index (χ1n) is 5.64. The van der Waals surface area contributed by atoms with E-state index in [-0.39, 0.29) is 6.03 Å². The quantitative estimate of drug-likeness (QED) is 0.722. The highest BCUT2D eigenvalue weighted by Gasteiger charge is 2.27. The van der Waals surface area contributed by atoms with Gasteiger partial charge in [-0.1, -0.05) is 13.8 Å². The lowest BCUT2D eigenvalue weighted by atomic mass is 9.76. The first kappa shape index (κ1) is 12.6. The Kier molecular flexibility index (Phi) is 4.71. The van der Waals surface area contributed by atoms with Crippen molar-refractivity contribution in [3.8, 4) is 0 Å². The van der Waals surface area contributed by atoms with Crippen molar-refractivity contribution in [1.29, 1.82) is 0 Å². The number of urea groups is 1. The largest absolute Gasteiger partial charge is 0.337 e. The zero-order valence-electron chi connectivity index (χ0n) is 9.61. The maximum Gasteiger partial charge on any atom is 0.315 e. The van der Waals surface area contributed by atoms with Crippen molar-refractivity contribution in [2.24, 2.45) is 5.41 Å². The fourth-order valence-corrected chi connectivity index (χ4v) is 2.04. The van der Waals surface area contributed by atoms with E-state index < -0.39 is 0 Å². The molecule has 0 bridgehead atoms. The third-order valence-electron chi connectivity index (χ3n) is 3.05. The molecule has 15 heavy (non-hydrogen) atoms. The third-order valence-corrected chi connectivity index (χ3v) is 3.24. The summed E-state index contributed by atoms with van der Waals surface area (Å²) in [6.07, 6.45) is 4.55. The average Bonchev–Trinajstić information content (AvgIpc) is 2.18. The molecular formula is C11H21ClN2O. The van der Waals surface area contributed by atoms with Gasteiger partial charge in [0.05, 0.1) is 0 Å². The Balaban J connectivity index is 2.21. The van der Waals surface area contributed by atoms with Crippen molar-refractivity contribution >= 4 is 17.6 Å². The lowest BCUT2D eigenvalue weighted by Crippen LogP contribution is -2.44. The van der Waals surface area contributed by atoms with E-state index in [1.54, 1.807) is 0 Å². The number of carbonyl (C=O) groups excluding carboxylic acids is 1. The van der Waals surface area contributed by atoms with Gasteiger partial charge in [-0.2, -0.15) is 0 Å². The number of carbonyl (C=O) groups is 1. The van der Waals surface area contributed by atoms with Gasteiger partial charge < -0.3 is 10.6 Å². The van der Waals surface area contributed by atoms with Crippen molar-refractivity contribution in [2.75, 3.05) is 12.4 Å². The van der Waals surface area contributed by atoms with E-state index in [1.165, 1.54) is 12.8 Å². The lowest BCUT2D eigenvalue weighted by molar-refractivity contribution is 0.198. The lowest BCUT2D eigenvalue weighted by Gasteiger charge is -2.34. The molecule has 1 saturated carbocycles. The van der Waals surface area contributed by atoms with Gasteiger partial charge in [0.25, 0.3) is 0 Å². The van der Waals surface area contributed by atoms with E-state index in [1.807, 2.05) is 0 Å². The van der Waals surface area contributed by atoms with Gasteiger partial charge in [0.2, 0.25) is 0 Å².